The van der Waals surface area contributed by atoms with Crippen molar-refractivity contribution in [2.45, 2.75) is 13.0 Å². The van der Waals surface area contributed by atoms with E-state index >= 15 is 0 Å². The fraction of sp³-hybridized carbons (Fsp3) is 0.538. The first-order chi connectivity index (χ1) is 7.92. The molecule has 0 bridgehead atoms. The highest BCUT2D eigenvalue weighted by Gasteiger charge is 2.18. The van der Waals surface area contributed by atoms with Crippen molar-refractivity contribution in [3.63, 3.8) is 0 Å². The van der Waals surface area contributed by atoms with Crippen LogP contribution >= 0.6 is 11.8 Å². The Balaban J connectivity index is 1.65. The zero-order valence-corrected chi connectivity index (χ0v) is 10.2. The van der Waals surface area contributed by atoms with Gasteiger partial charge in [-0.2, -0.15) is 11.8 Å². The van der Waals surface area contributed by atoms with E-state index in [2.05, 4.69) is 23.5 Å². The Hall–Kier alpha value is -0.670. The molecule has 86 valence electrons. The van der Waals surface area contributed by atoms with Crippen molar-refractivity contribution in [1.29, 1.82) is 0 Å². The van der Waals surface area contributed by atoms with Gasteiger partial charge in [0.05, 0.1) is 6.61 Å². The monoisotopic (exact) mass is 235 g/mol. The van der Waals surface area contributed by atoms with E-state index in [-0.39, 0.29) is 0 Å². The SMILES string of the molecule is c1cc2c(cc1OCC1CSC1)CCNC2. The molecule has 0 aliphatic carbocycles. The normalized spacial score (nSPS) is 20.0. The van der Waals surface area contributed by atoms with Crippen LogP contribution in [0.4, 0.5) is 0 Å². The Bertz CT molecular complexity index is 376. The molecule has 0 amide bonds. The number of ether oxygens (including phenoxy) is 1. The van der Waals surface area contributed by atoms with Gasteiger partial charge in [-0.15, -0.1) is 0 Å². The molecule has 1 aromatic rings. The molecule has 1 fully saturated rings. The quantitative estimate of drug-likeness (QED) is 0.866. The number of benzene rings is 1. The molecule has 0 radical (unpaired) electrons. The molecule has 0 atom stereocenters. The molecule has 3 heteroatoms. The third-order valence-corrected chi connectivity index (χ3v) is 4.67. The fourth-order valence-electron chi connectivity index (χ4n) is 2.14. The van der Waals surface area contributed by atoms with E-state index in [1.54, 1.807) is 0 Å². The Morgan fingerprint density at radius 2 is 2.25 bits per heavy atom. The van der Waals surface area contributed by atoms with E-state index < -0.39 is 0 Å². The van der Waals surface area contributed by atoms with Gasteiger partial charge in [-0.1, -0.05) is 6.07 Å². The highest BCUT2D eigenvalue weighted by atomic mass is 32.2. The summed E-state index contributed by atoms with van der Waals surface area (Å²) < 4.78 is 5.84. The molecule has 2 heterocycles. The van der Waals surface area contributed by atoms with Gasteiger partial charge in [-0.25, -0.2) is 0 Å². The first-order valence-electron chi connectivity index (χ1n) is 5.95. The standard InChI is InChI=1S/C13H17NOS/c1-2-13(15-7-10-8-16-9-10)5-11-3-4-14-6-12(1)11/h1-2,5,10,14H,3-4,6-9H2. The molecule has 0 spiro atoms. The maximum Gasteiger partial charge on any atom is 0.119 e. The molecule has 0 saturated carbocycles. The van der Waals surface area contributed by atoms with E-state index in [1.807, 2.05) is 11.8 Å². The summed E-state index contributed by atoms with van der Waals surface area (Å²) in [5, 5.41) is 3.39. The summed E-state index contributed by atoms with van der Waals surface area (Å²) in [5.74, 6) is 4.38. The Morgan fingerprint density at radius 3 is 3.06 bits per heavy atom. The second-order valence-corrected chi connectivity index (χ2v) is 5.65. The summed E-state index contributed by atoms with van der Waals surface area (Å²) in [6, 6.07) is 6.53. The van der Waals surface area contributed by atoms with E-state index in [1.165, 1.54) is 22.6 Å². The Kier molecular flexibility index (Phi) is 3.06. The second-order valence-electron chi connectivity index (χ2n) is 4.57. The van der Waals surface area contributed by atoms with Gasteiger partial charge in [0.1, 0.15) is 5.75 Å². The van der Waals surface area contributed by atoms with Crippen LogP contribution in [0.2, 0.25) is 0 Å². The van der Waals surface area contributed by atoms with Crippen molar-refractivity contribution in [3.05, 3.63) is 29.3 Å². The third-order valence-electron chi connectivity index (χ3n) is 3.26. The lowest BCUT2D eigenvalue weighted by molar-refractivity contribution is 0.269. The molecule has 3 rings (SSSR count). The molecule has 16 heavy (non-hydrogen) atoms. The molecule has 0 unspecified atom stereocenters. The van der Waals surface area contributed by atoms with Gasteiger partial charge in [-0.05, 0) is 36.2 Å². The van der Waals surface area contributed by atoms with Crippen LogP contribution in [0.3, 0.4) is 0 Å². The predicted molar refractivity (Wildman–Crippen MR) is 68.2 cm³/mol. The van der Waals surface area contributed by atoms with Gasteiger partial charge in [-0.3, -0.25) is 0 Å². The molecule has 1 aromatic carbocycles. The van der Waals surface area contributed by atoms with Crippen LogP contribution in [0.25, 0.3) is 0 Å². The molecule has 2 aliphatic rings. The van der Waals surface area contributed by atoms with Crippen molar-refractivity contribution >= 4 is 11.8 Å². The topological polar surface area (TPSA) is 21.3 Å². The van der Waals surface area contributed by atoms with Gasteiger partial charge in [0.2, 0.25) is 0 Å². The number of hydrogen-bond donors (Lipinski definition) is 1. The minimum absolute atomic E-state index is 0.780. The van der Waals surface area contributed by atoms with E-state index in [9.17, 15) is 0 Å². The molecule has 0 aromatic heterocycles. The lowest BCUT2D eigenvalue weighted by Gasteiger charge is -2.25. The molecular weight excluding hydrogens is 218 g/mol. The number of rotatable bonds is 3. The van der Waals surface area contributed by atoms with Crippen LogP contribution in [-0.4, -0.2) is 24.7 Å². The molecule has 2 nitrogen and oxygen atoms in total. The van der Waals surface area contributed by atoms with Crippen molar-refractivity contribution < 1.29 is 4.74 Å². The summed E-state index contributed by atoms with van der Waals surface area (Å²) in [6.45, 7) is 2.99. The number of thioether (sulfide) groups is 1. The minimum atomic E-state index is 0.780. The van der Waals surface area contributed by atoms with Crippen molar-refractivity contribution in [3.8, 4) is 5.75 Å². The van der Waals surface area contributed by atoms with Gasteiger partial charge in [0, 0.05) is 24.0 Å². The van der Waals surface area contributed by atoms with E-state index in [0.29, 0.717) is 0 Å². The largest absolute Gasteiger partial charge is 0.493 e. The summed E-state index contributed by atoms with van der Waals surface area (Å²) in [7, 11) is 0. The van der Waals surface area contributed by atoms with Crippen LogP contribution < -0.4 is 10.1 Å². The Morgan fingerprint density at radius 1 is 1.31 bits per heavy atom. The summed E-state index contributed by atoms with van der Waals surface area (Å²) in [5.41, 5.74) is 2.89. The summed E-state index contributed by atoms with van der Waals surface area (Å²) in [6.07, 6.45) is 1.13. The Labute approximate surface area is 101 Å². The zero-order valence-electron chi connectivity index (χ0n) is 9.37. The first kappa shape index (κ1) is 10.5. The van der Waals surface area contributed by atoms with Gasteiger partial charge in [0.25, 0.3) is 0 Å². The smallest absolute Gasteiger partial charge is 0.119 e. The van der Waals surface area contributed by atoms with E-state index in [0.717, 1.165) is 37.8 Å². The third kappa shape index (κ3) is 2.20. The van der Waals surface area contributed by atoms with E-state index in [4.69, 9.17) is 4.74 Å². The molecule has 1 saturated heterocycles. The van der Waals surface area contributed by atoms with Crippen LogP contribution in [0.1, 0.15) is 11.1 Å². The van der Waals surface area contributed by atoms with Crippen molar-refractivity contribution in [2.24, 2.45) is 5.92 Å². The number of nitrogens with one attached hydrogen (secondary N) is 1. The lowest BCUT2D eigenvalue weighted by Crippen LogP contribution is -2.25. The zero-order chi connectivity index (χ0) is 10.8. The van der Waals surface area contributed by atoms with Crippen LogP contribution in [0.15, 0.2) is 18.2 Å². The summed E-state index contributed by atoms with van der Waals surface area (Å²) in [4.78, 5) is 0. The second kappa shape index (κ2) is 4.68. The summed E-state index contributed by atoms with van der Waals surface area (Å²) >= 11 is 2.01. The maximum atomic E-state index is 5.84. The maximum absolute atomic E-state index is 5.84. The molecule has 1 N–H and O–H groups in total. The van der Waals surface area contributed by atoms with Crippen molar-refractivity contribution in [2.75, 3.05) is 24.7 Å². The highest BCUT2D eigenvalue weighted by Crippen LogP contribution is 2.26. The van der Waals surface area contributed by atoms with Crippen LogP contribution in [0.5, 0.6) is 5.75 Å². The fourth-order valence-corrected chi connectivity index (χ4v) is 2.90. The average molecular weight is 235 g/mol. The number of fused-ring (bicyclic) bond motifs is 1. The van der Waals surface area contributed by atoms with Gasteiger partial charge >= 0.3 is 0 Å². The first-order valence-corrected chi connectivity index (χ1v) is 7.10. The lowest BCUT2D eigenvalue weighted by atomic mass is 10.0. The van der Waals surface area contributed by atoms with Crippen LogP contribution in [-0.2, 0) is 13.0 Å². The molecule has 2 aliphatic heterocycles. The molecular formula is C13H17NOS. The highest BCUT2D eigenvalue weighted by molar-refractivity contribution is 8.00. The van der Waals surface area contributed by atoms with Crippen molar-refractivity contribution in [1.82, 2.24) is 5.32 Å². The predicted octanol–water partition coefficient (Wildman–Crippen LogP) is 2.07. The minimum Gasteiger partial charge on any atom is -0.493 e. The average Bonchev–Trinajstić information content (AvgIpc) is 2.27. The number of hydrogen-bond acceptors (Lipinski definition) is 3. The van der Waals surface area contributed by atoms with Crippen LogP contribution in [0, 0.1) is 5.92 Å². The van der Waals surface area contributed by atoms with Gasteiger partial charge in [0.15, 0.2) is 0 Å². The van der Waals surface area contributed by atoms with Gasteiger partial charge < -0.3 is 10.1 Å².